The van der Waals surface area contributed by atoms with Crippen LogP contribution in [-0.4, -0.2) is 16.8 Å². The number of nitrogens with one attached hydrogen (secondary N) is 1. The van der Waals surface area contributed by atoms with Crippen molar-refractivity contribution >= 4 is 17.6 Å². The average molecular weight is 174 g/mol. The lowest BCUT2D eigenvalue weighted by atomic mass is 10.3. The zero-order valence-corrected chi connectivity index (χ0v) is 8.21. The van der Waals surface area contributed by atoms with E-state index in [0.29, 0.717) is 5.84 Å². The predicted octanol–water partition coefficient (Wildman–Crippen LogP) is 2.23. The Kier molecular flexibility index (Phi) is 6.42. The second-order valence-corrected chi connectivity index (χ2v) is 4.29. The maximum atomic E-state index is 7.00. The van der Waals surface area contributed by atoms with Crippen LogP contribution < -0.4 is 5.73 Å². The zero-order valence-electron chi connectivity index (χ0n) is 7.39. The number of hydrogen-bond donors (Lipinski definition) is 2. The first kappa shape index (κ1) is 10.8. The quantitative estimate of drug-likeness (QED) is 0.479. The van der Waals surface area contributed by atoms with Crippen molar-refractivity contribution in [2.45, 2.75) is 38.4 Å². The summed E-state index contributed by atoms with van der Waals surface area (Å²) in [5.74, 6) is 1.30. The molecule has 1 atom stereocenters. The monoisotopic (exact) mass is 174 g/mol. The van der Waals surface area contributed by atoms with Crippen LogP contribution in [0.3, 0.4) is 0 Å². The smallest absolute Gasteiger partial charge is 0.0913 e. The number of hydrogen-bond acceptors (Lipinski definition) is 2. The maximum absolute atomic E-state index is 7.00. The highest BCUT2D eigenvalue weighted by Gasteiger charge is 2.00. The van der Waals surface area contributed by atoms with Crippen LogP contribution in [0.15, 0.2) is 0 Å². The van der Waals surface area contributed by atoms with Gasteiger partial charge >= 0.3 is 0 Å². The molecule has 2 nitrogen and oxygen atoms in total. The van der Waals surface area contributed by atoms with Crippen molar-refractivity contribution in [2.75, 3.05) is 5.75 Å². The SMILES string of the molecule is CCCC(C)SCCC(=N)N. The molecule has 0 heterocycles. The van der Waals surface area contributed by atoms with Gasteiger partial charge in [0, 0.05) is 17.4 Å². The summed E-state index contributed by atoms with van der Waals surface area (Å²) in [5, 5.41) is 7.73. The molecule has 0 aliphatic rings. The van der Waals surface area contributed by atoms with E-state index in [0.717, 1.165) is 17.4 Å². The molecule has 0 aliphatic heterocycles. The fourth-order valence-corrected chi connectivity index (χ4v) is 2.00. The van der Waals surface area contributed by atoms with Crippen molar-refractivity contribution in [3.63, 3.8) is 0 Å². The molecule has 0 radical (unpaired) electrons. The number of amidine groups is 1. The summed E-state index contributed by atoms with van der Waals surface area (Å²) >= 11 is 1.91. The maximum Gasteiger partial charge on any atom is 0.0913 e. The van der Waals surface area contributed by atoms with Gasteiger partial charge in [-0.2, -0.15) is 11.8 Å². The zero-order chi connectivity index (χ0) is 8.69. The summed E-state index contributed by atoms with van der Waals surface area (Å²) in [4.78, 5) is 0. The molecule has 66 valence electrons. The highest BCUT2D eigenvalue weighted by Crippen LogP contribution is 2.15. The molecule has 0 bridgehead atoms. The first-order valence-electron chi connectivity index (χ1n) is 4.11. The van der Waals surface area contributed by atoms with Gasteiger partial charge in [0.15, 0.2) is 0 Å². The predicted molar refractivity (Wildman–Crippen MR) is 53.4 cm³/mol. The van der Waals surface area contributed by atoms with Gasteiger partial charge in [0.25, 0.3) is 0 Å². The molecule has 0 rings (SSSR count). The summed E-state index contributed by atoms with van der Waals surface area (Å²) in [5.41, 5.74) is 5.22. The fourth-order valence-electron chi connectivity index (χ4n) is 0.860. The lowest BCUT2D eigenvalue weighted by Crippen LogP contribution is -2.11. The largest absolute Gasteiger partial charge is 0.388 e. The lowest BCUT2D eigenvalue weighted by Gasteiger charge is -2.08. The topological polar surface area (TPSA) is 49.9 Å². The van der Waals surface area contributed by atoms with Crippen molar-refractivity contribution in [2.24, 2.45) is 5.73 Å². The second kappa shape index (κ2) is 6.53. The van der Waals surface area contributed by atoms with E-state index in [1.807, 2.05) is 11.8 Å². The van der Waals surface area contributed by atoms with E-state index in [1.165, 1.54) is 12.8 Å². The van der Waals surface area contributed by atoms with Gasteiger partial charge in [0.2, 0.25) is 0 Å². The fraction of sp³-hybridized carbons (Fsp3) is 0.875. The van der Waals surface area contributed by atoms with Crippen LogP contribution in [0.25, 0.3) is 0 Å². The highest BCUT2D eigenvalue weighted by molar-refractivity contribution is 7.99. The summed E-state index contributed by atoms with van der Waals surface area (Å²) in [6, 6.07) is 0. The van der Waals surface area contributed by atoms with Gasteiger partial charge in [-0.1, -0.05) is 20.3 Å². The molecule has 3 heteroatoms. The molecule has 3 N–H and O–H groups in total. The van der Waals surface area contributed by atoms with Gasteiger partial charge in [-0.25, -0.2) is 0 Å². The summed E-state index contributed by atoms with van der Waals surface area (Å²) in [6.07, 6.45) is 3.25. The van der Waals surface area contributed by atoms with Crippen LogP contribution in [-0.2, 0) is 0 Å². The molecule has 0 spiro atoms. The van der Waals surface area contributed by atoms with Crippen LogP contribution in [0.1, 0.15) is 33.1 Å². The van der Waals surface area contributed by atoms with E-state index in [2.05, 4.69) is 13.8 Å². The van der Waals surface area contributed by atoms with E-state index >= 15 is 0 Å². The Morgan fingerprint density at radius 1 is 1.64 bits per heavy atom. The molecule has 0 aliphatic carbocycles. The third-order valence-corrected chi connectivity index (χ3v) is 2.71. The summed E-state index contributed by atoms with van der Waals surface area (Å²) < 4.78 is 0. The van der Waals surface area contributed by atoms with E-state index in [1.54, 1.807) is 0 Å². The van der Waals surface area contributed by atoms with E-state index in [4.69, 9.17) is 11.1 Å². The Hall–Kier alpha value is -0.180. The standard InChI is InChI=1S/C8H18N2S/c1-3-4-7(2)11-6-5-8(9)10/h7H,3-6H2,1-2H3,(H3,9,10). The Labute approximate surface area is 73.4 Å². The summed E-state index contributed by atoms with van der Waals surface area (Å²) in [6.45, 7) is 4.43. The average Bonchev–Trinajstić information content (AvgIpc) is 1.87. The van der Waals surface area contributed by atoms with E-state index in [9.17, 15) is 0 Å². The molecule has 1 unspecified atom stereocenters. The van der Waals surface area contributed by atoms with Gasteiger partial charge in [-0.15, -0.1) is 0 Å². The van der Waals surface area contributed by atoms with Gasteiger partial charge in [0.1, 0.15) is 0 Å². The van der Waals surface area contributed by atoms with Crippen LogP contribution >= 0.6 is 11.8 Å². The molecule has 0 saturated heterocycles. The highest BCUT2D eigenvalue weighted by atomic mass is 32.2. The van der Waals surface area contributed by atoms with Crippen LogP contribution in [0.5, 0.6) is 0 Å². The van der Waals surface area contributed by atoms with Crippen LogP contribution in [0.4, 0.5) is 0 Å². The number of thioether (sulfide) groups is 1. The molecular weight excluding hydrogens is 156 g/mol. The minimum absolute atomic E-state index is 0.307. The lowest BCUT2D eigenvalue weighted by molar-refractivity contribution is 0.787. The van der Waals surface area contributed by atoms with Crippen molar-refractivity contribution in [3.8, 4) is 0 Å². The molecule has 0 aromatic heterocycles. The molecule has 0 aromatic rings. The number of rotatable bonds is 6. The van der Waals surface area contributed by atoms with Gasteiger partial charge in [0.05, 0.1) is 5.84 Å². The minimum Gasteiger partial charge on any atom is -0.388 e. The van der Waals surface area contributed by atoms with Gasteiger partial charge in [-0.3, -0.25) is 5.41 Å². The summed E-state index contributed by atoms with van der Waals surface area (Å²) in [7, 11) is 0. The third-order valence-electron chi connectivity index (χ3n) is 1.47. The Morgan fingerprint density at radius 3 is 2.73 bits per heavy atom. The molecule has 0 saturated carbocycles. The van der Waals surface area contributed by atoms with E-state index in [-0.39, 0.29) is 0 Å². The van der Waals surface area contributed by atoms with Crippen LogP contribution in [0.2, 0.25) is 0 Å². The Balaban J connectivity index is 3.16. The molecule has 11 heavy (non-hydrogen) atoms. The van der Waals surface area contributed by atoms with Crippen molar-refractivity contribution < 1.29 is 0 Å². The van der Waals surface area contributed by atoms with Crippen molar-refractivity contribution in [3.05, 3.63) is 0 Å². The molecule has 0 fully saturated rings. The van der Waals surface area contributed by atoms with Crippen LogP contribution in [0, 0.1) is 5.41 Å². The Morgan fingerprint density at radius 2 is 2.27 bits per heavy atom. The third kappa shape index (κ3) is 7.72. The van der Waals surface area contributed by atoms with Crippen molar-refractivity contribution in [1.29, 1.82) is 5.41 Å². The van der Waals surface area contributed by atoms with Gasteiger partial charge < -0.3 is 5.73 Å². The first-order chi connectivity index (χ1) is 5.16. The van der Waals surface area contributed by atoms with Gasteiger partial charge in [-0.05, 0) is 6.42 Å². The number of nitrogens with two attached hydrogens (primary N) is 1. The molecular formula is C8H18N2S. The first-order valence-corrected chi connectivity index (χ1v) is 5.16. The van der Waals surface area contributed by atoms with E-state index < -0.39 is 0 Å². The van der Waals surface area contributed by atoms with Crippen molar-refractivity contribution in [1.82, 2.24) is 0 Å². The molecule has 0 amide bonds. The second-order valence-electron chi connectivity index (χ2n) is 2.75. The normalized spacial score (nSPS) is 12.9. The molecule has 0 aromatic carbocycles. The minimum atomic E-state index is 0.307. The Bertz CT molecular complexity index is 115.